The quantitative estimate of drug-likeness (QED) is 0.731. The molecule has 0 spiro atoms. The molecular weight excluding hydrogens is 299 g/mol. The summed E-state index contributed by atoms with van der Waals surface area (Å²) in [6, 6.07) is 2.14. The number of hydrogen-bond acceptors (Lipinski definition) is 1. The molecule has 1 amide bonds. The maximum atomic E-state index is 13.4. The van der Waals surface area contributed by atoms with E-state index in [9.17, 15) is 18.0 Å². The highest BCUT2D eigenvalue weighted by molar-refractivity contribution is 9.10. The molecule has 2 nitrogen and oxygen atoms in total. The van der Waals surface area contributed by atoms with E-state index >= 15 is 0 Å². The Hall–Kier alpha value is -1.04. The summed E-state index contributed by atoms with van der Waals surface area (Å²) in [7, 11) is 0. The Labute approximate surface area is 105 Å². The van der Waals surface area contributed by atoms with E-state index in [4.69, 9.17) is 0 Å². The molecule has 1 aromatic carbocycles. The number of carbonyl (C=O) groups excluding carboxylic acids is 1. The molecule has 0 aliphatic carbocycles. The summed E-state index contributed by atoms with van der Waals surface area (Å²) in [6.07, 6.45) is -0.844. The molecule has 1 aliphatic heterocycles. The van der Waals surface area contributed by atoms with Crippen molar-refractivity contribution in [2.75, 3.05) is 13.1 Å². The van der Waals surface area contributed by atoms with Gasteiger partial charge in [0, 0.05) is 11.0 Å². The lowest BCUT2D eigenvalue weighted by molar-refractivity contribution is 0.0777. The summed E-state index contributed by atoms with van der Waals surface area (Å²) in [4.78, 5) is 13.0. The predicted molar refractivity (Wildman–Crippen MR) is 59.5 cm³/mol. The lowest BCUT2D eigenvalue weighted by Crippen LogP contribution is -2.29. The Morgan fingerprint density at radius 2 is 2.12 bits per heavy atom. The molecule has 1 aromatic rings. The number of alkyl halides is 1. The van der Waals surface area contributed by atoms with Crippen LogP contribution in [0.1, 0.15) is 16.8 Å². The van der Waals surface area contributed by atoms with Crippen molar-refractivity contribution in [1.29, 1.82) is 0 Å². The molecule has 1 heterocycles. The van der Waals surface area contributed by atoms with E-state index in [1.807, 2.05) is 0 Å². The molecule has 1 fully saturated rings. The van der Waals surface area contributed by atoms with Crippen LogP contribution in [0.25, 0.3) is 0 Å². The SMILES string of the molecule is O=C(c1cc(Br)cc(F)c1F)N1CC[C@@H](F)C1. The second-order valence-electron chi connectivity index (χ2n) is 3.89. The summed E-state index contributed by atoms with van der Waals surface area (Å²) in [6.45, 7) is 0.167. The van der Waals surface area contributed by atoms with E-state index in [0.29, 0.717) is 0 Å². The molecule has 1 aliphatic rings. The minimum absolute atomic E-state index is 0.0631. The van der Waals surface area contributed by atoms with Gasteiger partial charge in [-0.2, -0.15) is 0 Å². The van der Waals surface area contributed by atoms with Crippen molar-refractivity contribution in [1.82, 2.24) is 4.90 Å². The lowest BCUT2D eigenvalue weighted by Gasteiger charge is -2.15. The molecule has 1 saturated heterocycles. The van der Waals surface area contributed by atoms with E-state index in [-0.39, 0.29) is 29.5 Å². The molecule has 0 unspecified atom stereocenters. The fraction of sp³-hybridized carbons (Fsp3) is 0.364. The first-order chi connectivity index (χ1) is 7.99. The molecule has 1 atom stereocenters. The molecule has 17 heavy (non-hydrogen) atoms. The zero-order valence-corrected chi connectivity index (χ0v) is 10.3. The molecule has 6 heteroatoms. The summed E-state index contributed by atoms with van der Waals surface area (Å²) < 4.78 is 39.8. The minimum atomic E-state index is -1.19. The summed E-state index contributed by atoms with van der Waals surface area (Å²) in [5.41, 5.74) is -0.369. The van der Waals surface area contributed by atoms with Gasteiger partial charge in [-0.3, -0.25) is 4.79 Å². The van der Waals surface area contributed by atoms with Crippen LogP contribution < -0.4 is 0 Å². The van der Waals surface area contributed by atoms with Gasteiger partial charge in [0.05, 0.1) is 12.1 Å². The maximum absolute atomic E-state index is 13.4. The van der Waals surface area contributed by atoms with Crippen LogP contribution in [0.4, 0.5) is 13.2 Å². The van der Waals surface area contributed by atoms with Crippen LogP contribution in [0.3, 0.4) is 0 Å². The second-order valence-corrected chi connectivity index (χ2v) is 4.80. The Morgan fingerprint density at radius 1 is 1.41 bits per heavy atom. The fourth-order valence-electron chi connectivity index (χ4n) is 1.78. The van der Waals surface area contributed by atoms with Gasteiger partial charge < -0.3 is 4.90 Å². The van der Waals surface area contributed by atoms with Crippen molar-refractivity contribution in [2.24, 2.45) is 0 Å². The lowest BCUT2D eigenvalue weighted by atomic mass is 10.2. The number of carbonyl (C=O) groups is 1. The van der Waals surface area contributed by atoms with E-state index in [1.165, 1.54) is 11.0 Å². The Balaban J connectivity index is 2.31. The van der Waals surface area contributed by atoms with Crippen molar-refractivity contribution >= 4 is 21.8 Å². The number of halogens is 4. The zero-order chi connectivity index (χ0) is 12.6. The zero-order valence-electron chi connectivity index (χ0n) is 8.72. The van der Waals surface area contributed by atoms with Gasteiger partial charge in [-0.15, -0.1) is 0 Å². The first-order valence-corrected chi connectivity index (χ1v) is 5.86. The predicted octanol–water partition coefficient (Wildman–Crippen LogP) is 2.91. The number of amides is 1. The summed E-state index contributed by atoms with van der Waals surface area (Å²) >= 11 is 2.98. The standard InChI is InChI=1S/C11H9BrF3NO/c12-6-3-8(10(15)9(14)4-6)11(17)16-2-1-7(13)5-16/h3-4,7H,1-2,5H2/t7-/m1/s1. The summed E-state index contributed by atoms with van der Waals surface area (Å²) in [5.74, 6) is -2.97. The smallest absolute Gasteiger partial charge is 0.257 e. The van der Waals surface area contributed by atoms with Gasteiger partial charge in [-0.25, -0.2) is 13.2 Å². The van der Waals surface area contributed by atoms with Crippen LogP contribution in [-0.4, -0.2) is 30.1 Å². The average Bonchev–Trinajstić information content (AvgIpc) is 2.69. The first kappa shape index (κ1) is 12.4. The van der Waals surface area contributed by atoms with Crippen LogP contribution in [-0.2, 0) is 0 Å². The van der Waals surface area contributed by atoms with Crippen molar-refractivity contribution in [2.45, 2.75) is 12.6 Å². The van der Waals surface area contributed by atoms with Gasteiger partial charge in [0.2, 0.25) is 0 Å². The van der Waals surface area contributed by atoms with Crippen molar-refractivity contribution in [3.8, 4) is 0 Å². The normalized spacial score (nSPS) is 19.8. The highest BCUT2D eigenvalue weighted by Crippen LogP contribution is 2.22. The van der Waals surface area contributed by atoms with Crippen molar-refractivity contribution in [3.05, 3.63) is 33.8 Å². The van der Waals surface area contributed by atoms with Gasteiger partial charge in [0.25, 0.3) is 5.91 Å². The van der Waals surface area contributed by atoms with Gasteiger partial charge >= 0.3 is 0 Å². The molecule has 0 radical (unpaired) electrons. The average molecular weight is 308 g/mol. The van der Waals surface area contributed by atoms with E-state index in [2.05, 4.69) is 15.9 Å². The topological polar surface area (TPSA) is 20.3 Å². The summed E-state index contributed by atoms with van der Waals surface area (Å²) in [5, 5.41) is 0. The third-order valence-electron chi connectivity index (χ3n) is 2.64. The fourth-order valence-corrected chi connectivity index (χ4v) is 2.21. The molecule has 0 saturated carbocycles. The van der Waals surface area contributed by atoms with Crippen molar-refractivity contribution < 1.29 is 18.0 Å². The molecule has 0 aromatic heterocycles. The third kappa shape index (κ3) is 2.46. The van der Waals surface area contributed by atoms with Crippen LogP contribution in [0.5, 0.6) is 0 Å². The monoisotopic (exact) mass is 307 g/mol. The number of nitrogens with zero attached hydrogens (tertiary/aromatic N) is 1. The third-order valence-corrected chi connectivity index (χ3v) is 3.10. The number of likely N-dealkylation sites (tertiary alicyclic amines) is 1. The molecule has 2 rings (SSSR count). The maximum Gasteiger partial charge on any atom is 0.257 e. The molecular formula is C11H9BrF3NO. The first-order valence-electron chi connectivity index (χ1n) is 5.07. The minimum Gasteiger partial charge on any atom is -0.336 e. The van der Waals surface area contributed by atoms with E-state index in [1.54, 1.807) is 0 Å². The van der Waals surface area contributed by atoms with Crippen LogP contribution in [0, 0.1) is 11.6 Å². The van der Waals surface area contributed by atoms with Gasteiger partial charge in [-0.05, 0) is 18.6 Å². The molecule has 92 valence electrons. The molecule has 0 bridgehead atoms. The Kier molecular flexibility index (Phi) is 3.42. The van der Waals surface area contributed by atoms with Gasteiger partial charge in [0.1, 0.15) is 6.17 Å². The molecule has 0 N–H and O–H groups in total. The highest BCUT2D eigenvalue weighted by Gasteiger charge is 2.29. The van der Waals surface area contributed by atoms with Gasteiger partial charge in [-0.1, -0.05) is 15.9 Å². The van der Waals surface area contributed by atoms with Crippen molar-refractivity contribution in [3.63, 3.8) is 0 Å². The van der Waals surface area contributed by atoms with E-state index < -0.39 is 23.7 Å². The number of rotatable bonds is 1. The number of benzene rings is 1. The van der Waals surface area contributed by atoms with E-state index in [0.717, 1.165) is 6.07 Å². The largest absolute Gasteiger partial charge is 0.336 e. The highest BCUT2D eigenvalue weighted by atomic mass is 79.9. The van der Waals surface area contributed by atoms with Crippen LogP contribution in [0.2, 0.25) is 0 Å². The van der Waals surface area contributed by atoms with Crippen LogP contribution >= 0.6 is 15.9 Å². The van der Waals surface area contributed by atoms with Gasteiger partial charge in [0.15, 0.2) is 11.6 Å². The Bertz CT molecular complexity index is 466. The van der Waals surface area contributed by atoms with Crippen LogP contribution in [0.15, 0.2) is 16.6 Å². The second kappa shape index (κ2) is 4.68. The number of hydrogen-bond donors (Lipinski definition) is 0. The Morgan fingerprint density at radius 3 is 2.71 bits per heavy atom.